The Balaban J connectivity index is 0.985. The van der Waals surface area contributed by atoms with E-state index in [0.29, 0.717) is 31.6 Å². The lowest BCUT2D eigenvalue weighted by Crippen LogP contribution is -2.48. The number of imidazole rings is 1. The van der Waals surface area contributed by atoms with Crippen LogP contribution in [0.5, 0.6) is 0 Å². The largest absolute Gasteiger partial charge is 0.427 e. The van der Waals surface area contributed by atoms with Gasteiger partial charge in [0.15, 0.2) is 6.73 Å². The maximum Gasteiger partial charge on any atom is 0.411 e. The third kappa shape index (κ3) is 6.89. The first-order chi connectivity index (χ1) is 23.4. The van der Waals surface area contributed by atoms with Crippen molar-refractivity contribution in [3.05, 3.63) is 82.5 Å². The molecule has 0 spiro atoms. The number of amides is 1. The molecule has 0 N–H and O–H groups in total. The van der Waals surface area contributed by atoms with Gasteiger partial charge in [0.25, 0.3) is 5.56 Å². The van der Waals surface area contributed by atoms with Gasteiger partial charge in [-0.15, -0.1) is 0 Å². The number of carbonyl (C=O) groups is 1. The van der Waals surface area contributed by atoms with Gasteiger partial charge in [-0.25, -0.2) is 23.7 Å². The van der Waals surface area contributed by atoms with E-state index in [1.54, 1.807) is 4.90 Å². The van der Waals surface area contributed by atoms with Crippen molar-refractivity contribution >= 4 is 29.0 Å². The standard InChI is InChI=1S/C36H45FN8O3/c1-40(34-38-18-13-33(46)45(34)26-48-36(47)43-23-16-30(17-24-43)41-19-5-2-6-20-41)29-14-21-42(22-15-29)35-39-31-7-3-4-8-32(31)44(35)25-27-9-11-28(37)12-10-27/h3-4,7-13,18,29-30H,2,5-6,14-17,19-26H2,1H3. The minimum Gasteiger partial charge on any atom is -0.427 e. The molecular formula is C36H45FN8O3. The molecule has 254 valence electrons. The number of halogens is 1. The number of hydrogen-bond acceptors (Lipinski definition) is 8. The summed E-state index contributed by atoms with van der Waals surface area (Å²) >= 11 is 0. The van der Waals surface area contributed by atoms with Crippen molar-refractivity contribution in [1.82, 2.24) is 28.9 Å². The molecule has 3 saturated heterocycles. The second-order valence-electron chi connectivity index (χ2n) is 13.3. The highest BCUT2D eigenvalue weighted by Gasteiger charge is 2.30. The van der Waals surface area contributed by atoms with Crippen LogP contribution >= 0.6 is 0 Å². The minimum absolute atomic E-state index is 0.126. The fourth-order valence-electron chi connectivity index (χ4n) is 7.59. The Bertz CT molecular complexity index is 1750. The summed E-state index contributed by atoms with van der Waals surface area (Å²) < 4.78 is 23.0. The first-order valence-corrected chi connectivity index (χ1v) is 17.3. The number of nitrogens with zero attached hydrogens (tertiary/aromatic N) is 8. The molecule has 3 aliphatic heterocycles. The van der Waals surface area contributed by atoms with E-state index >= 15 is 0 Å². The monoisotopic (exact) mass is 656 g/mol. The molecule has 3 fully saturated rings. The van der Waals surface area contributed by atoms with Gasteiger partial charge >= 0.3 is 6.09 Å². The smallest absolute Gasteiger partial charge is 0.411 e. The summed E-state index contributed by atoms with van der Waals surface area (Å²) in [4.78, 5) is 44.3. The number of benzene rings is 2. The Kier molecular flexibility index (Phi) is 9.60. The highest BCUT2D eigenvalue weighted by Crippen LogP contribution is 2.29. The molecule has 4 aromatic rings. The van der Waals surface area contributed by atoms with Crippen molar-refractivity contribution in [2.75, 3.05) is 56.1 Å². The fraction of sp³-hybridized carbons (Fsp3) is 0.500. The van der Waals surface area contributed by atoms with E-state index in [0.717, 1.165) is 74.4 Å². The maximum absolute atomic E-state index is 13.6. The predicted molar refractivity (Wildman–Crippen MR) is 184 cm³/mol. The molecule has 2 aromatic carbocycles. The molecule has 2 aromatic heterocycles. The van der Waals surface area contributed by atoms with Crippen molar-refractivity contribution < 1.29 is 13.9 Å². The molecule has 0 saturated carbocycles. The summed E-state index contributed by atoms with van der Waals surface area (Å²) in [6.45, 7) is 5.60. The van der Waals surface area contributed by atoms with Crippen molar-refractivity contribution in [3.63, 3.8) is 0 Å². The molecule has 12 heteroatoms. The molecule has 0 bridgehead atoms. The van der Waals surface area contributed by atoms with Gasteiger partial charge in [-0.3, -0.25) is 4.79 Å². The van der Waals surface area contributed by atoms with E-state index in [4.69, 9.17) is 9.72 Å². The molecule has 11 nitrogen and oxygen atoms in total. The summed E-state index contributed by atoms with van der Waals surface area (Å²) in [5.74, 6) is 1.13. The predicted octanol–water partition coefficient (Wildman–Crippen LogP) is 4.93. The average Bonchev–Trinajstić information content (AvgIpc) is 3.50. The number of aromatic nitrogens is 4. The van der Waals surface area contributed by atoms with Crippen molar-refractivity contribution in [2.24, 2.45) is 0 Å². The van der Waals surface area contributed by atoms with Crippen molar-refractivity contribution in [2.45, 2.75) is 70.3 Å². The number of rotatable bonds is 8. The van der Waals surface area contributed by atoms with E-state index < -0.39 is 0 Å². The molecule has 7 rings (SSSR count). The van der Waals surface area contributed by atoms with Crippen LogP contribution in [-0.4, -0.2) is 93.4 Å². The molecule has 0 aliphatic carbocycles. The van der Waals surface area contributed by atoms with Gasteiger partial charge in [0.2, 0.25) is 11.9 Å². The summed E-state index contributed by atoms with van der Waals surface area (Å²) in [6.07, 6.45) is 8.54. The van der Waals surface area contributed by atoms with E-state index in [9.17, 15) is 14.0 Å². The average molecular weight is 657 g/mol. The van der Waals surface area contributed by atoms with Gasteiger partial charge in [-0.05, 0) is 81.4 Å². The summed E-state index contributed by atoms with van der Waals surface area (Å²) in [5, 5.41) is 0. The topological polar surface area (TPSA) is 92.0 Å². The number of hydrogen-bond donors (Lipinski definition) is 0. The third-order valence-corrected chi connectivity index (χ3v) is 10.4. The fourth-order valence-corrected chi connectivity index (χ4v) is 7.59. The maximum atomic E-state index is 13.6. The van der Waals surface area contributed by atoms with E-state index in [-0.39, 0.29) is 30.2 Å². The van der Waals surface area contributed by atoms with Crippen LogP contribution < -0.4 is 15.4 Å². The number of piperidine rings is 3. The second kappa shape index (κ2) is 14.3. The number of fused-ring (bicyclic) bond motifs is 1. The van der Waals surface area contributed by atoms with Gasteiger partial charge in [0.05, 0.1) is 17.6 Å². The quantitative estimate of drug-likeness (QED) is 0.264. The van der Waals surface area contributed by atoms with Gasteiger partial charge in [-0.2, -0.15) is 0 Å². The van der Waals surface area contributed by atoms with Gasteiger partial charge in [-0.1, -0.05) is 30.7 Å². The lowest BCUT2D eigenvalue weighted by atomic mass is 10.0. The highest BCUT2D eigenvalue weighted by molar-refractivity contribution is 5.79. The van der Waals surface area contributed by atoms with Crippen LogP contribution in [0.25, 0.3) is 11.0 Å². The molecule has 48 heavy (non-hydrogen) atoms. The Morgan fingerprint density at radius 3 is 2.38 bits per heavy atom. The molecular weight excluding hydrogens is 611 g/mol. The highest BCUT2D eigenvalue weighted by atomic mass is 19.1. The zero-order chi connectivity index (χ0) is 33.0. The van der Waals surface area contributed by atoms with Crippen LogP contribution in [0, 0.1) is 5.82 Å². The van der Waals surface area contributed by atoms with Crippen molar-refractivity contribution in [3.8, 4) is 0 Å². The van der Waals surface area contributed by atoms with Crippen molar-refractivity contribution in [1.29, 1.82) is 0 Å². The van der Waals surface area contributed by atoms with E-state index in [1.165, 1.54) is 48.2 Å². The normalized spacial score (nSPS) is 18.4. The number of para-hydroxylation sites is 2. The lowest BCUT2D eigenvalue weighted by molar-refractivity contribution is 0.0500. The summed E-state index contributed by atoms with van der Waals surface area (Å²) in [7, 11) is 1.95. The number of carbonyl (C=O) groups excluding carboxylic acids is 1. The van der Waals surface area contributed by atoms with Crippen LogP contribution in [-0.2, 0) is 18.0 Å². The number of anilines is 2. The minimum atomic E-state index is -0.381. The molecule has 0 unspecified atom stereocenters. The Hall–Kier alpha value is -4.45. The summed E-state index contributed by atoms with van der Waals surface area (Å²) in [5.41, 5.74) is 2.71. The van der Waals surface area contributed by atoms with Crippen LogP contribution in [0.15, 0.2) is 65.6 Å². The molecule has 0 radical (unpaired) electrons. The zero-order valence-corrected chi connectivity index (χ0v) is 27.7. The van der Waals surface area contributed by atoms with E-state index in [2.05, 4.69) is 25.4 Å². The van der Waals surface area contributed by atoms with Gasteiger partial charge in [0.1, 0.15) is 5.82 Å². The van der Waals surface area contributed by atoms with E-state index in [1.807, 2.05) is 42.3 Å². The Morgan fingerprint density at radius 1 is 0.896 bits per heavy atom. The van der Waals surface area contributed by atoms with Crippen LogP contribution in [0.1, 0.15) is 50.5 Å². The van der Waals surface area contributed by atoms with Gasteiger partial charge < -0.3 is 28.9 Å². The Morgan fingerprint density at radius 2 is 1.62 bits per heavy atom. The summed E-state index contributed by atoms with van der Waals surface area (Å²) in [6, 6.07) is 16.8. The molecule has 1 amide bonds. The molecule has 5 heterocycles. The second-order valence-corrected chi connectivity index (χ2v) is 13.3. The first kappa shape index (κ1) is 32.1. The number of ether oxygens (including phenoxy) is 1. The number of likely N-dealkylation sites (tertiary alicyclic amines) is 2. The first-order valence-electron chi connectivity index (χ1n) is 17.3. The SMILES string of the molecule is CN(c1nccc(=O)n1COC(=O)N1CCC(N2CCCCC2)CC1)C1CCN(c2nc3ccccc3n2Cc2ccc(F)cc2)CC1. The molecule has 3 aliphatic rings. The Labute approximate surface area is 280 Å². The van der Waals surface area contributed by atoms with Crippen LogP contribution in [0.2, 0.25) is 0 Å². The zero-order valence-electron chi connectivity index (χ0n) is 27.7. The third-order valence-electron chi connectivity index (χ3n) is 10.4. The van der Waals surface area contributed by atoms with Crippen LogP contribution in [0.4, 0.5) is 21.1 Å². The molecule has 0 atom stereocenters. The van der Waals surface area contributed by atoms with Gasteiger partial charge in [0, 0.05) is 57.6 Å². The van der Waals surface area contributed by atoms with Crippen LogP contribution in [0.3, 0.4) is 0 Å². The lowest BCUT2D eigenvalue weighted by Gasteiger charge is -2.40.